The van der Waals surface area contributed by atoms with Gasteiger partial charge in [-0.05, 0) is 126 Å². The Morgan fingerprint density at radius 1 is 0.737 bits per heavy atom. The van der Waals surface area contributed by atoms with Crippen LogP contribution in [0.5, 0.6) is 5.75 Å². The standard InChI is InChI=1S/C13H15I5O/c1-3-5-7(6-4-2)19-13-11(17)9(15)8(14)10(16)12(13)18/h7H,3-6H2,1-2H3. The zero-order chi connectivity index (χ0) is 14.6. The summed E-state index contributed by atoms with van der Waals surface area (Å²) in [7, 11) is 0. The molecule has 0 N–H and O–H groups in total. The predicted molar refractivity (Wildman–Crippen MR) is 124 cm³/mol. The molecule has 6 heteroatoms. The number of hydrogen-bond acceptors (Lipinski definition) is 1. The van der Waals surface area contributed by atoms with E-state index in [0.29, 0.717) is 6.10 Å². The molecule has 0 fully saturated rings. The van der Waals surface area contributed by atoms with Crippen molar-refractivity contribution in [2.75, 3.05) is 0 Å². The van der Waals surface area contributed by atoms with Crippen molar-refractivity contribution < 1.29 is 4.74 Å². The Hall–Kier alpha value is 2.67. The number of ether oxygens (including phenoxy) is 1. The van der Waals surface area contributed by atoms with Crippen LogP contribution in [0.1, 0.15) is 39.5 Å². The minimum atomic E-state index is 0.351. The van der Waals surface area contributed by atoms with E-state index < -0.39 is 0 Å². The third kappa shape index (κ3) is 5.36. The molecule has 0 amide bonds. The van der Waals surface area contributed by atoms with E-state index in [1.54, 1.807) is 0 Å². The van der Waals surface area contributed by atoms with Gasteiger partial charge < -0.3 is 4.74 Å². The van der Waals surface area contributed by atoms with Crippen LogP contribution in [0.25, 0.3) is 0 Å². The van der Waals surface area contributed by atoms with Gasteiger partial charge in [0.1, 0.15) is 5.75 Å². The van der Waals surface area contributed by atoms with Crippen molar-refractivity contribution in [1.29, 1.82) is 0 Å². The summed E-state index contributed by atoms with van der Waals surface area (Å²) in [5.41, 5.74) is 0. The first-order valence-electron chi connectivity index (χ1n) is 6.12. The molecule has 0 aliphatic rings. The molecular weight excluding hydrogens is 807 g/mol. The number of hydrogen-bond donors (Lipinski definition) is 0. The summed E-state index contributed by atoms with van der Waals surface area (Å²) in [5.74, 6) is 1.09. The van der Waals surface area contributed by atoms with Crippen LogP contribution < -0.4 is 4.74 Å². The lowest BCUT2D eigenvalue weighted by molar-refractivity contribution is 0.175. The van der Waals surface area contributed by atoms with Crippen LogP contribution in [-0.4, -0.2) is 6.10 Å². The van der Waals surface area contributed by atoms with E-state index in [0.717, 1.165) is 18.6 Å². The topological polar surface area (TPSA) is 9.23 Å². The van der Waals surface area contributed by atoms with Gasteiger partial charge in [0.2, 0.25) is 0 Å². The summed E-state index contributed by atoms with van der Waals surface area (Å²) in [4.78, 5) is 0. The van der Waals surface area contributed by atoms with Gasteiger partial charge in [-0.2, -0.15) is 0 Å². The van der Waals surface area contributed by atoms with Crippen molar-refractivity contribution >= 4 is 113 Å². The Kier molecular flexibility index (Phi) is 10.1. The second-order valence-electron chi connectivity index (χ2n) is 4.22. The van der Waals surface area contributed by atoms with E-state index in [2.05, 4.69) is 127 Å². The lowest BCUT2D eigenvalue weighted by atomic mass is 10.1. The maximum Gasteiger partial charge on any atom is 0.148 e. The molecular formula is C13H15I5O. The van der Waals surface area contributed by atoms with Crippen molar-refractivity contribution in [2.45, 2.75) is 45.6 Å². The Morgan fingerprint density at radius 3 is 1.47 bits per heavy atom. The first-order valence-corrected chi connectivity index (χ1v) is 11.5. The third-order valence-electron chi connectivity index (χ3n) is 2.68. The highest BCUT2D eigenvalue weighted by molar-refractivity contribution is 14.1. The highest BCUT2D eigenvalue weighted by atomic mass is 127. The summed E-state index contributed by atoms with van der Waals surface area (Å²) in [6, 6.07) is 0. The van der Waals surface area contributed by atoms with Crippen molar-refractivity contribution in [2.24, 2.45) is 0 Å². The molecule has 0 aliphatic heterocycles. The van der Waals surface area contributed by atoms with Crippen LogP contribution in [0.15, 0.2) is 0 Å². The van der Waals surface area contributed by atoms with E-state index >= 15 is 0 Å². The van der Waals surface area contributed by atoms with Gasteiger partial charge in [-0.3, -0.25) is 0 Å². The van der Waals surface area contributed by atoms with Gasteiger partial charge in [0, 0.05) is 10.7 Å². The van der Waals surface area contributed by atoms with Crippen molar-refractivity contribution in [3.63, 3.8) is 0 Å². The molecule has 0 bridgehead atoms. The Labute approximate surface area is 183 Å². The van der Waals surface area contributed by atoms with Crippen molar-refractivity contribution in [1.82, 2.24) is 0 Å². The molecule has 0 atom stereocenters. The lowest BCUT2D eigenvalue weighted by Crippen LogP contribution is -2.18. The summed E-state index contributed by atoms with van der Waals surface area (Å²) < 4.78 is 12.8. The van der Waals surface area contributed by atoms with Gasteiger partial charge >= 0.3 is 0 Å². The van der Waals surface area contributed by atoms with Crippen LogP contribution in [0.2, 0.25) is 0 Å². The fraction of sp³-hybridized carbons (Fsp3) is 0.538. The molecule has 1 aromatic rings. The summed E-state index contributed by atoms with van der Waals surface area (Å²) in [6.45, 7) is 4.45. The lowest BCUT2D eigenvalue weighted by Gasteiger charge is -2.22. The molecule has 19 heavy (non-hydrogen) atoms. The van der Waals surface area contributed by atoms with Gasteiger partial charge in [-0.25, -0.2) is 0 Å². The highest BCUT2D eigenvalue weighted by Crippen LogP contribution is 2.39. The molecule has 0 radical (unpaired) electrons. The number of halogens is 5. The van der Waals surface area contributed by atoms with E-state index in [4.69, 9.17) is 4.74 Å². The quantitative estimate of drug-likeness (QED) is 0.170. The van der Waals surface area contributed by atoms with Crippen LogP contribution in [0.3, 0.4) is 0 Å². The number of benzene rings is 1. The molecule has 0 saturated heterocycles. The largest absolute Gasteiger partial charge is 0.488 e. The minimum Gasteiger partial charge on any atom is -0.488 e. The molecule has 0 spiro atoms. The van der Waals surface area contributed by atoms with Crippen LogP contribution >= 0.6 is 113 Å². The molecule has 0 aliphatic carbocycles. The SMILES string of the molecule is CCCC(CCC)Oc1c(I)c(I)c(I)c(I)c1I. The van der Waals surface area contributed by atoms with Gasteiger partial charge in [0.25, 0.3) is 0 Å². The first-order chi connectivity index (χ1) is 8.93. The third-order valence-corrected chi connectivity index (χ3v) is 12.1. The Balaban J connectivity index is 3.12. The van der Waals surface area contributed by atoms with Crippen LogP contribution in [0.4, 0.5) is 0 Å². The monoisotopic (exact) mass is 822 g/mol. The molecule has 0 unspecified atom stereocenters. The molecule has 0 saturated carbocycles. The Bertz CT molecular complexity index is 412. The second-order valence-corrected chi connectivity index (χ2v) is 9.61. The van der Waals surface area contributed by atoms with E-state index in [-0.39, 0.29) is 0 Å². The zero-order valence-corrected chi connectivity index (χ0v) is 21.5. The Morgan fingerprint density at radius 2 is 1.11 bits per heavy atom. The van der Waals surface area contributed by atoms with E-state index in [9.17, 15) is 0 Å². The van der Waals surface area contributed by atoms with Gasteiger partial charge in [0.05, 0.1) is 13.2 Å². The molecule has 1 rings (SSSR count). The fourth-order valence-electron chi connectivity index (χ4n) is 1.76. The van der Waals surface area contributed by atoms with Crippen molar-refractivity contribution in [3.05, 3.63) is 17.9 Å². The second kappa shape index (κ2) is 9.73. The first kappa shape index (κ1) is 19.7. The minimum absolute atomic E-state index is 0.351. The van der Waals surface area contributed by atoms with Crippen molar-refractivity contribution in [3.8, 4) is 5.75 Å². The maximum atomic E-state index is 6.35. The van der Waals surface area contributed by atoms with Crippen LogP contribution in [-0.2, 0) is 0 Å². The molecule has 0 heterocycles. The molecule has 1 aromatic carbocycles. The van der Waals surface area contributed by atoms with Gasteiger partial charge in [-0.15, -0.1) is 0 Å². The van der Waals surface area contributed by atoms with Gasteiger partial charge in [-0.1, -0.05) is 26.7 Å². The highest BCUT2D eigenvalue weighted by Gasteiger charge is 2.21. The maximum absolute atomic E-state index is 6.35. The number of rotatable bonds is 6. The molecule has 108 valence electrons. The smallest absolute Gasteiger partial charge is 0.148 e. The van der Waals surface area contributed by atoms with E-state index in [1.807, 2.05) is 0 Å². The zero-order valence-electron chi connectivity index (χ0n) is 10.7. The molecule has 1 nitrogen and oxygen atoms in total. The average molecular weight is 822 g/mol. The van der Waals surface area contributed by atoms with Gasteiger partial charge in [0.15, 0.2) is 0 Å². The summed E-state index contributed by atoms with van der Waals surface area (Å²) in [6.07, 6.45) is 4.98. The summed E-state index contributed by atoms with van der Waals surface area (Å²) in [5, 5.41) is 0. The summed E-state index contributed by atoms with van der Waals surface area (Å²) >= 11 is 12.1. The molecule has 0 aromatic heterocycles. The fourth-order valence-corrected chi connectivity index (χ4v) is 6.73. The van der Waals surface area contributed by atoms with Crippen LogP contribution in [0, 0.1) is 17.9 Å². The predicted octanol–water partition coefficient (Wildman–Crippen LogP) is 7.06. The van der Waals surface area contributed by atoms with E-state index in [1.165, 1.54) is 30.7 Å². The normalized spacial score (nSPS) is 11.2. The average Bonchev–Trinajstić information content (AvgIpc) is 2.39.